The van der Waals surface area contributed by atoms with Crippen molar-refractivity contribution in [2.24, 2.45) is 0 Å². The van der Waals surface area contributed by atoms with Crippen LogP contribution in [-0.4, -0.2) is 43.1 Å². The highest BCUT2D eigenvalue weighted by molar-refractivity contribution is 6.34. The zero-order valence-electron chi connectivity index (χ0n) is 17.9. The Bertz CT molecular complexity index is 1210. The van der Waals surface area contributed by atoms with E-state index in [-0.39, 0.29) is 24.3 Å². The van der Waals surface area contributed by atoms with Crippen molar-refractivity contribution >= 4 is 40.4 Å². The largest absolute Gasteiger partial charge is 0.390 e. The van der Waals surface area contributed by atoms with Gasteiger partial charge in [-0.25, -0.2) is 4.52 Å². The maximum absolute atomic E-state index is 13.0. The van der Waals surface area contributed by atoms with Gasteiger partial charge in [-0.1, -0.05) is 23.7 Å². The van der Waals surface area contributed by atoms with Crippen LogP contribution in [-0.2, 0) is 10.3 Å². The standard InChI is InChI=1S/C23H25ClN6O2/c1-22(32)11-16(12-22)30-19(31)13-23(2,28-21(30)25)17-4-3-5-18(20(17)24)27-14-7-9-29-15(10-14)6-8-26-29/h3-10,16,27,32H,11-13H2,1-2H3,(H2,25,28)/t16-,22+,23-/m0/s1. The number of fused-ring (bicyclic) bond motifs is 1. The van der Waals surface area contributed by atoms with Crippen LogP contribution in [0.25, 0.3) is 5.52 Å². The zero-order chi connectivity index (χ0) is 22.7. The number of aliphatic hydroxyl groups is 1. The fourth-order valence-electron chi connectivity index (χ4n) is 4.77. The number of benzene rings is 1. The number of carbonyl (C=O) groups excluding carboxylic acids is 1. The fourth-order valence-corrected chi connectivity index (χ4v) is 5.16. The molecular formula is C23H25ClN6O2. The van der Waals surface area contributed by atoms with Crippen LogP contribution in [0.2, 0.25) is 5.02 Å². The van der Waals surface area contributed by atoms with E-state index < -0.39 is 11.1 Å². The molecule has 0 unspecified atom stereocenters. The minimum atomic E-state index is -0.818. The minimum absolute atomic E-state index is 0.0462. The average Bonchev–Trinajstić information content (AvgIpc) is 3.15. The van der Waals surface area contributed by atoms with Gasteiger partial charge in [0.05, 0.1) is 33.8 Å². The zero-order valence-corrected chi connectivity index (χ0v) is 18.6. The Hall–Kier alpha value is -3.10. The van der Waals surface area contributed by atoms with Crippen LogP contribution in [0.1, 0.15) is 38.7 Å². The second-order valence-electron chi connectivity index (χ2n) is 9.21. The lowest BCUT2D eigenvalue weighted by Gasteiger charge is -2.50. The van der Waals surface area contributed by atoms with Crippen LogP contribution in [0.5, 0.6) is 0 Å². The van der Waals surface area contributed by atoms with Gasteiger partial charge in [0.25, 0.3) is 0 Å². The van der Waals surface area contributed by atoms with E-state index in [4.69, 9.17) is 17.0 Å². The number of aromatic nitrogens is 2. The van der Waals surface area contributed by atoms with Crippen LogP contribution < -0.4 is 10.6 Å². The molecule has 8 nitrogen and oxygen atoms in total. The van der Waals surface area contributed by atoms with Crippen molar-refractivity contribution in [1.82, 2.24) is 19.8 Å². The number of pyridine rings is 1. The number of nitrogens with one attached hydrogen (secondary N) is 3. The van der Waals surface area contributed by atoms with Gasteiger partial charge in [0, 0.05) is 24.1 Å². The summed E-state index contributed by atoms with van der Waals surface area (Å²) in [5, 5.41) is 29.8. The molecule has 1 atom stereocenters. The van der Waals surface area contributed by atoms with Gasteiger partial charge in [0.15, 0.2) is 5.96 Å². The summed E-state index contributed by atoms with van der Waals surface area (Å²) in [6.07, 6.45) is 4.72. The predicted molar refractivity (Wildman–Crippen MR) is 123 cm³/mol. The first-order chi connectivity index (χ1) is 15.2. The Morgan fingerprint density at radius 2 is 2.06 bits per heavy atom. The first-order valence-corrected chi connectivity index (χ1v) is 10.9. The number of halogens is 1. The average molecular weight is 453 g/mol. The lowest BCUT2D eigenvalue weighted by atomic mass is 9.75. The molecule has 0 bridgehead atoms. The summed E-state index contributed by atoms with van der Waals surface area (Å²) in [5.41, 5.74) is 1.69. The van der Waals surface area contributed by atoms with Crippen molar-refractivity contribution in [2.75, 3.05) is 5.32 Å². The first-order valence-electron chi connectivity index (χ1n) is 10.6. The minimum Gasteiger partial charge on any atom is -0.390 e. The highest BCUT2D eigenvalue weighted by atomic mass is 35.5. The highest BCUT2D eigenvalue weighted by Gasteiger charge is 2.49. The quantitative estimate of drug-likeness (QED) is 0.484. The number of hydrogen-bond acceptors (Lipinski definition) is 5. The van der Waals surface area contributed by atoms with Gasteiger partial charge in [-0.3, -0.25) is 15.1 Å². The van der Waals surface area contributed by atoms with E-state index in [1.807, 2.05) is 49.5 Å². The summed E-state index contributed by atoms with van der Waals surface area (Å²) in [7, 11) is 0. The summed E-state index contributed by atoms with van der Waals surface area (Å²) in [4.78, 5) is 14.5. The Morgan fingerprint density at radius 3 is 2.78 bits per heavy atom. The molecule has 2 aromatic heterocycles. The molecule has 1 saturated carbocycles. The Balaban J connectivity index is 1.40. The topological polar surface area (TPSA) is 106 Å². The van der Waals surface area contributed by atoms with E-state index >= 15 is 0 Å². The van der Waals surface area contributed by atoms with Gasteiger partial charge >= 0.3 is 0 Å². The molecule has 9 heteroatoms. The van der Waals surface area contributed by atoms with E-state index in [1.54, 1.807) is 17.6 Å². The summed E-state index contributed by atoms with van der Waals surface area (Å²) >= 11 is 6.80. The van der Waals surface area contributed by atoms with Crippen molar-refractivity contribution in [1.29, 1.82) is 5.41 Å². The monoisotopic (exact) mass is 452 g/mol. The Labute approximate surface area is 190 Å². The smallest absolute Gasteiger partial charge is 0.232 e. The van der Waals surface area contributed by atoms with Gasteiger partial charge in [0.2, 0.25) is 5.91 Å². The maximum atomic E-state index is 13.0. The van der Waals surface area contributed by atoms with Crippen molar-refractivity contribution in [3.05, 3.63) is 59.4 Å². The van der Waals surface area contributed by atoms with Gasteiger partial charge in [-0.15, -0.1) is 0 Å². The summed E-state index contributed by atoms with van der Waals surface area (Å²) in [6.45, 7) is 3.64. The second kappa shape index (κ2) is 7.21. The Kier molecular flexibility index (Phi) is 4.69. The van der Waals surface area contributed by atoms with Crippen molar-refractivity contribution in [3.8, 4) is 0 Å². The predicted octanol–water partition coefficient (Wildman–Crippen LogP) is 3.62. The van der Waals surface area contributed by atoms with Gasteiger partial charge in [0.1, 0.15) is 0 Å². The van der Waals surface area contributed by atoms with Gasteiger partial charge in [-0.05, 0) is 56.5 Å². The third-order valence-corrected chi connectivity index (χ3v) is 6.80. The molecule has 1 aromatic carbocycles. The number of rotatable bonds is 4. The third kappa shape index (κ3) is 3.49. The number of guanidine groups is 1. The van der Waals surface area contributed by atoms with Crippen molar-refractivity contribution < 1.29 is 9.90 Å². The molecule has 2 fully saturated rings. The number of amides is 1. The molecule has 166 valence electrons. The number of hydrogen-bond donors (Lipinski definition) is 4. The van der Waals surface area contributed by atoms with E-state index in [0.29, 0.717) is 23.6 Å². The molecule has 1 amide bonds. The molecule has 0 radical (unpaired) electrons. The second-order valence-corrected chi connectivity index (χ2v) is 9.59. The maximum Gasteiger partial charge on any atom is 0.232 e. The van der Waals surface area contributed by atoms with E-state index in [1.165, 1.54) is 4.90 Å². The lowest BCUT2D eigenvalue weighted by Crippen LogP contribution is -2.66. The summed E-state index contributed by atoms with van der Waals surface area (Å²) in [6, 6.07) is 11.3. The SMILES string of the molecule is C[C@@]1(c2cccc(Nc3ccn4nccc4c3)c2Cl)CC(=O)N([C@H]2C[C@@](C)(O)C2)C(=N)N1. The number of carbonyl (C=O) groups is 1. The molecule has 32 heavy (non-hydrogen) atoms. The van der Waals surface area contributed by atoms with Crippen LogP contribution in [0.3, 0.4) is 0 Å². The van der Waals surface area contributed by atoms with Crippen molar-refractivity contribution in [2.45, 2.75) is 50.3 Å². The molecule has 3 aromatic rings. The number of anilines is 2. The van der Waals surface area contributed by atoms with E-state index in [9.17, 15) is 9.90 Å². The summed E-state index contributed by atoms with van der Waals surface area (Å²) in [5.74, 6) is -0.0952. The molecule has 4 N–H and O–H groups in total. The third-order valence-electron chi connectivity index (χ3n) is 6.40. The van der Waals surface area contributed by atoms with Gasteiger partial charge < -0.3 is 15.7 Å². The highest BCUT2D eigenvalue weighted by Crippen LogP contribution is 2.41. The van der Waals surface area contributed by atoms with Gasteiger partial charge in [-0.2, -0.15) is 5.10 Å². The van der Waals surface area contributed by atoms with Crippen LogP contribution in [0.4, 0.5) is 11.4 Å². The Morgan fingerprint density at radius 1 is 1.28 bits per heavy atom. The molecular weight excluding hydrogens is 428 g/mol. The molecule has 1 aliphatic carbocycles. The normalized spacial score (nSPS) is 27.9. The molecule has 1 saturated heterocycles. The molecule has 2 aliphatic rings. The van der Waals surface area contributed by atoms with Crippen LogP contribution in [0.15, 0.2) is 48.8 Å². The fraction of sp³-hybridized carbons (Fsp3) is 0.348. The van der Waals surface area contributed by atoms with E-state index in [0.717, 1.165) is 16.8 Å². The summed E-state index contributed by atoms with van der Waals surface area (Å²) < 4.78 is 1.78. The lowest BCUT2D eigenvalue weighted by molar-refractivity contribution is -0.139. The molecule has 1 aliphatic heterocycles. The molecule has 5 rings (SSSR count). The number of nitrogens with zero attached hydrogens (tertiary/aromatic N) is 3. The van der Waals surface area contributed by atoms with E-state index in [2.05, 4.69) is 15.7 Å². The van der Waals surface area contributed by atoms with Crippen molar-refractivity contribution in [3.63, 3.8) is 0 Å². The van der Waals surface area contributed by atoms with Crippen LogP contribution >= 0.6 is 11.6 Å². The molecule has 3 heterocycles. The van der Waals surface area contributed by atoms with Crippen LogP contribution in [0, 0.1) is 5.41 Å². The first kappa shape index (κ1) is 20.8. The molecule has 0 spiro atoms.